The highest BCUT2D eigenvalue weighted by Gasteiger charge is 2.31. The van der Waals surface area contributed by atoms with E-state index < -0.39 is 11.6 Å². The topological polar surface area (TPSA) is 100 Å². The quantitative estimate of drug-likeness (QED) is 0.563. The number of benzene rings is 1. The maximum atomic E-state index is 11.2. The molecule has 0 bridgehead atoms. The molecule has 8 heteroatoms. The van der Waals surface area contributed by atoms with Crippen molar-refractivity contribution in [2.45, 2.75) is 64.8 Å². The average Bonchev–Trinajstić information content (AvgIpc) is 3.16. The van der Waals surface area contributed by atoms with Gasteiger partial charge in [0.1, 0.15) is 11.5 Å². The van der Waals surface area contributed by atoms with E-state index in [0.29, 0.717) is 36.4 Å². The van der Waals surface area contributed by atoms with Gasteiger partial charge in [-0.05, 0) is 64.2 Å². The summed E-state index contributed by atoms with van der Waals surface area (Å²) in [6.07, 6.45) is 3.95. The number of rotatable bonds is 10. The predicted molar refractivity (Wildman–Crippen MR) is 118 cm³/mol. The normalized spacial score (nSPS) is 19.0. The second-order valence-corrected chi connectivity index (χ2v) is 8.68. The van der Waals surface area contributed by atoms with Gasteiger partial charge >= 0.3 is 5.97 Å². The van der Waals surface area contributed by atoms with Crippen LogP contribution in [0.25, 0.3) is 11.5 Å². The zero-order chi connectivity index (χ0) is 23.3. The highest BCUT2D eigenvalue weighted by Crippen LogP contribution is 2.33. The Hall–Kier alpha value is -2.58. The highest BCUT2D eigenvalue weighted by molar-refractivity contribution is 5.76. The van der Waals surface area contributed by atoms with Gasteiger partial charge < -0.3 is 28.5 Å². The number of carbonyl (C=O) groups is 1. The molecule has 1 aliphatic rings. The molecule has 1 aromatic carbocycles. The van der Waals surface area contributed by atoms with Gasteiger partial charge in [0.2, 0.25) is 5.89 Å². The zero-order valence-electron chi connectivity index (χ0n) is 19.5. The molecule has 3 rings (SSSR count). The molecule has 176 valence electrons. The van der Waals surface area contributed by atoms with Gasteiger partial charge in [-0.1, -0.05) is 6.42 Å². The summed E-state index contributed by atoms with van der Waals surface area (Å²) in [6.45, 7) is 5.82. The number of methoxy groups -OCH3 is 2. The van der Waals surface area contributed by atoms with Crippen LogP contribution in [0.4, 0.5) is 0 Å². The fourth-order valence-electron chi connectivity index (χ4n) is 3.78. The van der Waals surface area contributed by atoms with E-state index in [-0.39, 0.29) is 12.0 Å². The van der Waals surface area contributed by atoms with Gasteiger partial charge in [-0.15, -0.1) is 0 Å². The molecule has 2 atom stereocenters. The Bertz CT molecular complexity index is 921. The summed E-state index contributed by atoms with van der Waals surface area (Å²) in [7, 11) is 3.18. The minimum Gasteiger partial charge on any atom is -0.493 e. The monoisotopic (exact) mass is 447 g/mol. The molecule has 1 N–H and O–H groups in total. The lowest BCUT2D eigenvalue weighted by Crippen LogP contribution is -2.37. The van der Waals surface area contributed by atoms with Crippen molar-refractivity contribution in [2.24, 2.45) is 5.92 Å². The van der Waals surface area contributed by atoms with Crippen molar-refractivity contribution >= 4 is 5.97 Å². The first-order valence-electron chi connectivity index (χ1n) is 10.9. The molecule has 0 unspecified atom stereocenters. The first-order chi connectivity index (χ1) is 15.2. The minimum absolute atomic E-state index is 0.0888. The van der Waals surface area contributed by atoms with Crippen molar-refractivity contribution in [1.29, 1.82) is 0 Å². The van der Waals surface area contributed by atoms with Crippen molar-refractivity contribution in [2.75, 3.05) is 20.8 Å². The first kappa shape index (κ1) is 24.1. The fraction of sp³-hybridized carbons (Fsp3) is 0.583. The van der Waals surface area contributed by atoms with E-state index in [1.807, 2.05) is 25.1 Å². The van der Waals surface area contributed by atoms with E-state index >= 15 is 0 Å². The smallest absolute Gasteiger partial charge is 0.335 e. The standard InChI is InChI=1S/C24H33NO7/c1-15-19(25-22(32-15)17-9-10-20(28-4)21(12-17)29-5)14-30-18-8-6-7-16(11-18)13-31-24(2,3)23(26)27/h9-10,12,16,18H,6-8,11,13-14H2,1-5H3,(H,26,27)/t16-,18+/m1/s1. The zero-order valence-corrected chi connectivity index (χ0v) is 19.5. The number of ether oxygens (including phenoxy) is 4. The molecule has 0 spiro atoms. The molecule has 8 nitrogen and oxygen atoms in total. The predicted octanol–water partition coefficient (Wildman–Crippen LogP) is 4.62. The molecule has 1 saturated carbocycles. The number of nitrogens with zero attached hydrogens (tertiary/aromatic N) is 1. The molecular formula is C24H33NO7. The summed E-state index contributed by atoms with van der Waals surface area (Å²) < 4.78 is 28.3. The maximum Gasteiger partial charge on any atom is 0.335 e. The number of hydrogen-bond acceptors (Lipinski definition) is 7. The van der Waals surface area contributed by atoms with Crippen LogP contribution in [0.5, 0.6) is 11.5 Å². The molecule has 0 aliphatic heterocycles. The molecule has 32 heavy (non-hydrogen) atoms. The summed E-state index contributed by atoms with van der Waals surface area (Å²) >= 11 is 0. The van der Waals surface area contributed by atoms with Crippen LogP contribution in [0.1, 0.15) is 51.0 Å². The molecule has 0 amide bonds. The van der Waals surface area contributed by atoms with Crippen LogP contribution in [0.3, 0.4) is 0 Å². The van der Waals surface area contributed by atoms with Crippen LogP contribution in [-0.4, -0.2) is 48.6 Å². The minimum atomic E-state index is -1.17. The second kappa shape index (κ2) is 10.4. The number of oxazole rings is 1. The van der Waals surface area contributed by atoms with E-state index in [1.165, 1.54) is 0 Å². The fourth-order valence-corrected chi connectivity index (χ4v) is 3.78. The van der Waals surface area contributed by atoms with Gasteiger partial charge in [0, 0.05) is 5.56 Å². The van der Waals surface area contributed by atoms with E-state index in [2.05, 4.69) is 4.98 Å². The lowest BCUT2D eigenvalue weighted by atomic mass is 9.87. The Morgan fingerprint density at radius 2 is 1.97 bits per heavy atom. The van der Waals surface area contributed by atoms with Crippen LogP contribution in [0.2, 0.25) is 0 Å². The molecule has 0 radical (unpaired) electrons. The SMILES string of the molecule is COc1ccc(-c2nc(CO[C@H]3CCC[C@@H](COC(C)(C)C(=O)O)C3)c(C)o2)cc1OC. The van der Waals surface area contributed by atoms with Gasteiger partial charge in [-0.3, -0.25) is 0 Å². The van der Waals surface area contributed by atoms with Crippen LogP contribution in [0.15, 0.2) is 22.6 Å². The Morgan fingerprint density at radius 1 is 1.22 bits per heavy atom. The van der Waals surface area contributed by atoms with Crippen molar-refractivity contribution in [1.82, 2.24) is 4.98 Å². The number of aliphatic carboxylic acids is 1. The van der Waals surface area contributed by atoms with Crippen molar-refractivity contribution in [3.8, 4) is 23.0 Å². The summed E-state index contributed by atoms with van der Waals surface area (Å²) in [5.41, 5.74) is 0.389. The molecule has 1 fully saturated rings. The molecule has 1 heterocycles. The molecule has 1 aliphatic carbocycles. The number of aryl methyl sites for hydroxylation is 1. The van der Waals surface area contributed by atoms with Gasteiger partial charge in [0.25, 0.3) is 0 Å². The van der Waals surface area contributed by atoms with E-state index in [0.717, 1.165) is 36.9 Å². The number of carboxylic acid groups (broad SMARTS) is 1. The summed E-state index contributed by atoms with van der Waals surface area (Å²) in [4.78, 5) is 15.9. The van der Waals surface area contributed by atoms with Gasteiger partial charge in [0.15, 0.2) is 17.1 Å². The van der Waals surface area contributed by atoms with Crippen LogP contribution >= 0.6 is 0 Å². The van der Waals surface area contributed by atoms with Gasteiger partial charge in [-0.25, -0.2) is 9.78 Å². The second-order valence-electron chi connectivity index (χ2n) is 8.68. The van der Waals surface area contributed by atoms with E-state index in [1.54, 1.807) is 28.1 Å². The Morgan fingerprint density at radius 3 is 2.66 bits per heavy atom. The Labute approximate surface area is 188 Å². The average molecular weight is 448 g/mol. The lowest BCUT2D eigenvalue weighted by Gasteiger charge is -2.31. The molecular weight excluding hydrogens is 414 g/mol. The summed E-state index contributed by atoms with van der Waals surface area (Å²) in [5, 5.41) is 9.22. The molecule has 2 aromatic rings. The van der Waals surface area contributed by atoms with Crippen molar-refractivity contribution in [3.05, 3.63) is 29.7 Å². The van der Waals surface area contributed by atoms with E-state index in [9.17, 15) is 9.90 Å². The third-order valence-corrected chi connectivity index (χ3v) is 5.91. The van der Waals surface area contributed by atoms with Gasteiger partial charge in [-0.2, -0.15) is 0 Å². The third-order valence-electron chi connectivity index (χ3n) is 5.91. The van der Waals surface area contributed by atoms with Crippen LogP contribution < -0.4 is 9.47 Å². The first-order valence-corrected chi connectivity index (χ1v) is 10.9. The number of hydrogen-bond donors (Lipinski definition) is 1. The molecule has 1 aromatic heterocycles. The van der Waals surface area contributed by atoms with Crippen molar-refractivity contribution < 1.29 is 33.3 Å². The summed E-state index contributed by atoms with van der Waals surface area (Å²) in [6, 6.07) is 5.53. The Balaban J connectivity index is 1.58. The maximum absolute atomic E-state index is 11.2. The van der Waals surface area contributed by atoms with E-state index in [4.69, 9.17) is 23.4 Å². The third kappa shape index (κ3) is 5.81. The number of carboxylic acids is 1. The highest BCUT2D eigenvalue weighted by atomic mass is 16.5. The van der Waals surface area contributed by atoms with Crippen LogP contribution in [0, 0.1) is 12.8 Å². The largest absolute Gasteiger partial charge is 0.493 e. The summed E-state index contributed by atoms with van der Waals surface area (Å²) in [5.74, 6) is 1.81. The molecule has 0 saturated heterocycles. The van der Waals surface area contributed by atoms with Gasteiger partial charge in [0.05, 0.1) is 33.5 Å². The number of aromatic nitrogens is 1. The lowest BCUT2D eigenvalue weighted by molar-refractivity contribution is -0.163. The Kier molecular flexibility index (Phi) is 7.79. The van der Waals surface area contributed by atoms with Crippen molar-refractivity contribution in [3.63, 3.8) is 0 Å². The van der Waals surface area contributed by atoms with Crippen LogP contribution in [-0.2, 0) is 20.9 Å².